The van der Waals surface area contributed by atoms with Crippen LogP contribution in [0, 0.1) is 0 Å². The number of benzene rings is 1. The van der Waals surface area contributed by atoms with Gasteiger partial charge in [0.1, 0.15) is 0 Å². The van der Waals surface area contributed by atoms with Gasteiger partial charge in [0.15, 0.2) is 11.5 Å². The fraction of sp³-hybridized carbons (Fsp3) is 0.308. The summed E-state index contributed by atoms with van der Waals surface area (Å²) in [4.78, 5) is 0. The number of aryl methyl sites for hydroxylation is 1. The van der Waals surface area contributed by atoms with Gasteiger partial charge in [-0.1, -0.05) is 0 Å². The molecular weight excluding hydrogens is 230 g/mol. The predicted octanol–water partition coefficient (Wildman–Crippen LogP) is 2.32. The Morgan fingerprint density at radius 3 is 2.94 bits per heavy atom. The Bertz CT molecular complexity index is 565. The minimum absolute atomic E-state index is 0.194. The van der Waals surface area contributed by atoms with Crippen molar-refractivity contribution in [2.75, 3.05) is 12.1 Å². The van der Waals surface area contributed by atoms with Crippen molar-refractivity contribution in [3.8, 4) is 11.5 Å². The van der Waals surface area contributed by atoms with E-state index in [1.54, 1.807) is 4.68 Å². The summed E-state index contributed by atoms with van der Waals surface area (Å²) in [5.41, 5.74) is 2.16. The van der Waals surface area contributed by atoms with Crippen LogP contribution in [0.25, 0.3) is 0 Å². The number of nitrogens with one attached hydrogen (secondary N) is 1. The van der Waals surface area contributed by atoms with Gasteiger partial charge in [0, 0.05) is 30.6 Å². The minimum Gasteiger partial charge on any atom is -0.454 e. The maximum absolute atomic E-state index is 5.35. The predicted molar refractivity (Wildman–Crippen MR) is 67.8 cm³/mol. The van der Waals surface area contributed by atoms with Crippen LogP contribution in [-0.4, -0.2) is 16.6 Å². The van der Waals surface area contributed by atoms with E-state index in [2.05, 4.69) is 17.3 Å². The van der Waals surface area contributed by atoms with Crippen LogP contribution in [-0.2, 0) is 7.05 Å². The van der Waals surface area contributed by atoms with E-state index >= 15 is 0 Å². The molecule has 0 radical (unpaired) electrons. The number of aromatic nitrogens is 2. The molecule has 2 aromatic rings. The van der Waals surface area contributed by atoms with Crippen molar-refractivity contribution < 1.29 is 9.47 Å². The summed E-state index contributed by atoms with van der Waals surface area (Å²) in [5.74, 6) is 1.59. The van der Waals surface area contributed by atoms with E-state index in [0.29, 0.717) is 6.79 Å². The van der Waals surface area contributed by atoms with Crippen molar-refractivity contribution in [3.05, 3.63) is 36.2 Å². The smallest absolute Gasteiger partial charge is 0.231 e. The molecule has 0 saturated heterocycles. The Kier molecular flexibility index (Phi) is 2.59. The highest BCUT2D eigenvalue weighted by Gasteiger charge is 2.14. The average molecular weight is 245 g/mol. The molecule has 1 N–H and O–H groups in total. The van der Waals surface area contributed by atoms with E-state index in [9.17, 15) is 0 Å². The third-order valence-corrected chi connectivity index (χ3v) is 2.98. The molecule has 1 aliphatic heterocycles. The Morgan fingerprint density at radius 2 is 2.17 bits per heavy atom. The molecule has 0 saturated carbocycles. The lowest BCUT2D eigenvalue weighted by atomic mass is 10.2. The monoisotopic (exact) mass is 245 g/mol. The van der Waals surface area contributed by atoms with Crippen molar-refractivity contribution in [3.63, 3.8) is 0 Å². The highest BCUT2D eigenvalue weighted by molar-refractivity contribution is 5.56. The van der Waals surface area contributed by atoms with Crippen LogP contribution in [0.15, 0.2) is 30.6 Å². The lowest BCUT2D eigenvalue weighted by Crippen LogP contribution is -2.05. The highest BCUT2D eigenvalue weighted by Crippen LogP contribution is 2.35. The first-order chi connectivity index (χ1) is 8.72. The molecule has 1 aromatic carbocycles. The van der Waals surface area contributed by atoms with Gasteiger partial charge in [-0.15, -0.1) is 0 Å². The van der Waals surface area contributed by atoms with Gasteiger partial charge in [0.25, 0.3) is 0 Å². The zero-order valence-electron chi connectivity index (χ0n) is 10.4. The van der Waals surface area contributed by atoms with Crippen molar-refractivity contribution >= 4 is 5.69 Å². The van der Waals surface area contributed by atoms with Crippen molar-refractivity contribution in [2.45, 2.75) is 13.0 Å². The fourth-order valence-corrected chi connectivity index (χ4v) is 1.98. The first-order valence-corrected chi connectivity index (χ1v) is 5.87. The molecule has 1 unspecified atom stereocenters. The summed E-state index contributed by atoms with van der Waals surface area (Å²) >= 11 is 0. The Hall–Kier alpha value is -2.17. The molecule has 0 aliphatic carbocycles. The number of nitrogens with zero attached hydrogens (tertiary/aromatic N) is 2. The third-order valence-electron chi connectivity index (χ3n) is 2.98. The van der Waals surface area contributed by atoms with E-state index < -0.39 is 0 Å². The van der Waals surface area contributed by atoms with Crippen LogP contribution in [0.3, 0.4) is 0 Å². The SMILES string of the molecule is CC(Nc1ccc2c(c1)OCO2)c1cnn(C)c1. The molecule has 5 heteroatoms. The molecule has 0 fully saturated rings. The van der Waals surface area contributed by atoms with Gasteiger partial charge >= 0.3 is 0 Å². The minimum atomic E-state index is 0.194. The molecule has 1 aromatic heterocycles. The normalized spacial score (nSPS) is 14.6. The zero-order chi connectivity index (χ0) is 12.5. The molecule has 0 amide bonds. The quantitative estimate of drug-likeness (QED) is 0.901. The molecule has 1 aliphatic rings. The standard InChI is InChI=1S/C13H15N3O2/c1-9(10-6-14-16(2)7-10)15-11-3-4-12-13(5-11)18-8-17-12/h3-7,9,15H,8H2,1-2H3. The van der Waals surface area contributed by atoms with Gasteiger partial charge < -0.3 is 14.8 Å². The summed E-state index contributed by atoms with van der Waals surface area (Å²) < 4.78 is 12.4. The average Bonchev–Trinajstić information content (AvgIpc) is 2.96. The van der Waals surface area contributed by atoms with E-state index in [4.69, 9.17) is 9.47 Å². The number of rotatable bonds is 3. The molecular formula is C13H15N3O2. The maximum atomic E-state index is 5.35. The third kappa shape index (κ3) is 1.99. The second-order valence-corrected chi connectivity index (χ2v) is 4.38. The Morgan fingerprint density at radius 1 is 1.33 bits per heavy atom. The Balaban J connectivity index is 1.76. The molecule has 18 heavy (non-hydrogen) atoms. The van der Waals surface area contributed by atoms with Crippen LogP contribution in [0.1, 0.15) is 18.5 Å². The first kappa shape index (κ1) is 11.0. The van der Waals surface area contributed by atoms with Gasteiger partial charge in [0.2, 0.25) is 6.79 Å². The van der Waals surface area contributed by atoms with Crippen molar-refractivity contribution in [1.29, 1.82) is 0 Å². The number of hydrogen-bond donors (Lipinski definition) is 1. The summed E-state index contributed by atoms with van der Waals surface area (Å²) in [7, 11) is 1.91. The van der Waals surface area contributed by atoms with Gasteiger partial charge in [-0.2, -0.15) is 5.10 Å². The van der Waals surface area contributed by atoms with E-state index in [1.165, 1.54) is 0 Å². The number of fused-ring (bicyclic) bond motifs is 1. The molecule has 3 rings (SSSR count). The van der Waals surface area contributed by atoms with Gasteiger partial charge in [0.05, 0.1) is 12.2 Å². The highest BCUT2D eigenvalue weighted by atomic mass is 16.7. The summed E-state index contributed by atoms with van der Waals surface area (Å²) in [6, 6.07) is 6.05. The van der Waals surface area contributed by atoms with E-state index in [0.717, 1.165) is 22.7 Å². The summed E-state index contributed by atoms with van der Waals surface area (Å²) in [5, 5.41) is 7.58. The van der Waals surface area contributed by atoms with Crippen molar-refractivity contribution in [2.24, 2.45) is 7.05 Å². The van der Waals surface area contributed by atoms with E-state index in [1.807, 2.05) is 37.6 Å². The lowest BCUT2D eigenvalue weighted by molar-refractivity contribution is 0.174. The van der Waals surface area contributed by atoms with Crippen LogP contribution in [0.5, 0.6) is 11.5 Å². The number of anilines is 1. The summed E-state index contributed by atoms with van der Waals surface area (Å²) in [6.07, 6.45) is 3.87. The van der Waals surface area contributed by atoms with Gasteiger partial charge in [-0.05, 0) is 19.1 Å². The second kappa shape index (κ2) is 4.25. The Labute approximate surface area is 105 Å². The maximum Gasteiger partial charge on any atom is 0.231 e. The molecule has 2 heterocycles. The fourth-order valence-electron chi connectivity index (χ4n) is 1.98. The summed E-state index contributed by atoms with van der Waals surface area (Å²) in [6.45, 7) is 2.40. The van der Waals surface area contributed by atoms with Crippen LogP contribution in [0.4, 0.5) is 5.69 Å². The van der Waals surface area contributed by atoms with Gasteiger partial charge in [-0.25, -0.2) is 0 Å². The van der Waals surface area contributed by atoms with Crippen LogP contribution >= 0.6 is 0 Å². The second-order valence-electron chi connectivity index (χ2n) is 4.38. The van der Waals surface area contributed by atoms with Crippen LogP contribution < -0.4 is 14.8 Å². The number of hydrogen-bond acceptors (Lipinski definition) is 4. The molecule has 94 valence electrons. The zero-order valence-corrected chi connectivity index (χ0v) is 10.4. The largest absolute Gasteiger partial charge is 0.454 e. The topological polar surface area (TPSA) is 48.3 Å². The van der Waals surface area contributed by atoms with Gasteiger partial charge in [-0.3, -0.25) is 4.68 Å². The molecule has 1 atom stereocenters. The first-order valence-electron chi connectivity index (χ1n) is 5.87. The lowest BCUT2D eigenvalue weighted by Gasteiger charge is -2.13. The van der Waals surface area contributed by atoms with E-state index in [-0.39, 0.29) is 6.04 Å². The molecule has 0 spiro atoms. The molecule has 5 nitrogen and oxygen atoms in total. The van der Waals surface area contributed by atoms with Crippen LogP contribution in [0.2, 0.25) is 0 Å². The number of ether oxygens (including phenoxy) is 2. The molecule has 0 bridgehead atoms. The van der Waals surface area contributed by atoms with Crippen molar-refractivity contribution in [1.82, 2.24) is 9.78 Å².